The minimum atomic E-state index is 0.994. The van der Waals surface area contributed by atoms with Crippen LogP contribution in [-0.4, -0.2) is 34.6 Å². The van der Waals surface area contributed by atoms with Gasteiger partial charge in [0, 0.05) is 46.8 Å². The molecule has 0 radical (unpaired) electrons. The van der Waals surface area contributed by atoms with E-state index in [1.165, 1.54) is 21.2 Å². The Bertz CT molecular complexity index is 574. The van der Waals surface area contributed by atoms with E-state index in [0.29, 0.717) is 0 Å². The highest BCUT2D eigenvalue weighted by molar-refractivity contribution is 8.02. The molecule has 0 bridgehead atoms. The van der Waals surface area contributed by atoms with Gasteiger partial charge >= 0.3 is 0 Å². The molecule has 4 rings (SSSR count). The summed E-state index contributed by atoms with van der Waals surface area (Å²) in [7, 11) is 0. The lowest BCUT2D eigenvalue weighted by atomic mass is 10.2. The van der Waals surface area contributed by atoms with Gasteiger partial charge in [-0.25, -0.2) is 0 Å². The van der Waals surface area contributed by atoms with E-state index in [-0.39, 0.29) is 0 Å². The number of thioether (sulfide) groups is 2. The van der Waals surface area contributed by atoms with Crippen LogP contribution in [0.3, 0.4) is 0 Å². The van der Waals surface area contributed by atoms with E-state index < -0.39 is 0 Å². The molecule has 2 aliphatic rings. The van der Waals surface area contributed by atoms with Crippen LogP contribution in [0.1, 0.15) is 0 Å². The Balaban J connectivity index is 2.12. The van der Waals surface area contributed by atoms with Crippen molar-refractivity contribution in [3.63, 3.8) is 0 Å². The van der Waals surface area contributed by atoms with Gasteiger partial charge in [0.1, 0.15) is 11.0 Å². The maximum absolute atomic E-state index is 4.52. The average molecular weight is 276 g/mol. The van der Waals surface area contributed by atoms with Crippen molar-refractivity contribution < 1.29 is 0 Å². The number of anilines is 2. The second-order valence-corrected chi connectivity index (χ2v) is 6.42. The summed E-state index contributed by atoms with van der Waals surface area (Å²) in [6.07, 6.45) is 3.54. The van der Waals surface area contributed by atoms with Crippen molar-refractivity contribution >= 4 is 45.9 Å². The van der Waals surface area contributed by atoms with Gasteiger partial charge < -0.3 is 10.6 Å². The van der Waals surface area contributed by atoms with Gasteiger partial charge in [-0.05, 0) is 0 Å². The first kappa shape index (κ1) is 10.8. The third-order valence-corrected chi connectivity index (χ3v) is 5.47. The van der Waals surface area contributed by atoms with Crippen molar-refractivity contribution in [1.82, 2.24) is 9.97 Å². The van der Waals surface area contributed by atoms with Crippen molar-refractivity contribution in [2.24, 2.45) is 0 Å². The van der Waals surface area contributed by atoms with Gasteiger partial charge in [-0.2, -0.15) is 0 Å². The lowest BCUT2D eigenvalue weighted by Gasteiger charge is -2.27. The van der Waals surface area contributed by atoms with Crippen LogP contribution < -0.4 is 10.6 Å². The zero-order valence-electron chi connectivity index (χ0n) is 9.69. The Labute approximate surface area is 113 Å². The van der Waals surface area contributed by atoms with Gasteiger partial charge in [-0.15, -0.1) is 23.5 Å². The van der Waals surface area contributed by atoms with Crippen molar-refractivity contribution in [3.05, 3.63) is 12.4 Å². The van der Waals surface area contributed by atoms with E-state index in [1.54, 1.807) is 12.4 Å². The fourth-order valence-electron chi connectivity index (χ4n) is 2.41. The highest BCUT2D eigenvalue weighted by Gasteiger charge is 2.25. The monoisotopic (exact) mass is 276 g/mol. The quantitative estimate of drug-likeness (QED) is 0.771. The number of nitrogens with zero attached hydrogens (tertiary/aromatic N) is 2. The molecule has 0 unspecified atom stereocenters. The Hall–Kier alpha value is -1.14. The number of hydrogen-bond acceptors (Lipinski definition) is 6. The molecular weight excluding hydrogens is 264 g/mol. The van der Waals surface area contributed by atoms with E-state index in [4.69, 9.17) is 0 Å². The molecule has 0 saturated heterocycles. The van der Waals surface area contributed by atoms with Crippen LogP contribution >= 0.6 is 23.5 Å². The van der Waals surface area contributed by atoms with Gasteiger partial charge in [0.25, 0.3) is 0 Å². The number of benzene rings is 1. The lowest BCUT2D eigenvalue weighted by molar-refractivity contribution is 1.08. The molecule has 1 aromatic carbocycles. The van der Waals surface area contributed by atoms with E-state index in [0.717, 1.165) is 35.6 Å². The molecule has 2 N–H and O–H groups in total. The van der Waals surface area contributed by atoms with E-state index >= 15 is 0 Å². The molecular formula is C12H12N4S2. The molecule has 3 heterocycles. The van der Waals surface area contributed by atoms with Gasteiger partial charge in [0.2, 0.25) is 0 Å². The third-order valence-electron chi connectivity index (χ3n) is 3.13. The first-order chi connectivity index (χ1) is 8.95. The molecule has 0 fully saturated rings. The van der Waals surface area contributed by atoms with E-state index in [1.807, 2.05) is 23.5 Å². The fraction of sp³-hybridized carbons (Fsp3) is 0.333. The topological polar surface area (TPSA) is 49.8 Å². The number of fused-ring (bicyclic) bond motifs is 6. The number of nitrogens with one attached hydrogen (secondary N) is 2. The largest absolute Gasteiger partial charge is 0.381 e. The van der Waals surface area contributed by atoms with Gasteiger partial charge in [0.05, 0.1) is 11.4 Å². The molecule has 2 aliphatic heterocycles. The van der Waals surface area contributed by atoms with Crippen molar-refractivity contribution in [1.29, 1.82) is 0 Å². The van der Waals surface area contributed by atoms with E-state index in [9.17, 15) is 0 Å². The van der Waals surface area contributed by atoms with Crippen LogP contribution in [0, 0.1) is 0 Å². The standard InChI is InChI=1S/C12H12N4S2/c1-2-14-8-7(13-1)9-11(17-5-3-15-9)12-10(8)16-4-6-18-12/h1-2,15-16H,3-6H2. The minimum Gasteiger partial charge on any atom is -0.381 e. The Morgan fingerprint density at radius 1 is 0.833 bits per heavy atom. The fourth-order valence-corrected chi connectivity index (χ4v) is 4.67. The SMILES string of the molecule is c1cnc2c3c(c4c(c2n1)NCCS4)SCCN3. The highest BCUT2D eigenvalue weighted by Crippen LogP contribution is 2.48. The lowest BCUT2D eigenvalue weighted by Crippen LogP contribution is -2.17. The predicted molar refractivity (Wildman–Crippen MR) is 78.0 cm³/mol. The molecule has 4 nitrogen and oxygen atoms in total. The van der Waals surface area contributed by atoms with Crippen LogP contribution in [0.15, 0.2) is 22.2 Å². The molecule has 92 valence electrons. The second kappa shape index (κ2) is 4.20. The van der Waals surface area contributed by atoms with Crippen molar-refractivity contribution in [3.8, 4) is 0 Å². The Morgan fingerprint density at radius 3 is 1.83 bits per heavy atom. The zero-order valence-corrected chi connectivity index (χ0v) is 11.3. The van der Waals surface area contributed by atoms with Crippen LogP contribution in [-0.2, 0) is 0 Å². The van der Waals surface area contributed by atoms with Crippen molar-refractivity contribution in [2.75, 3.05) is 35.2 Å². The Kier molecular flexibility index (Phi) is 2.51. The molecule has 1 aromatic heterocycles. The number of rotatable bonds is 0. The summed E-state index contributed by atoms with van der Waals surface area (Å²) in [5.41, 5.74) is 4.33. The normalized spacial score (nSPS) is 17.6. The summed E-state index contributed by atoms with van der Waals surface area (Å²) in [5, 5.41) is 6.98. The molecule has 18 heavy (non-hydrogen) atoms. The molecule has 0 saturated carbocycles. The maximum Gasteiger partial charge on any atom is 0.115 e. The smallest absolute Gasteiger partial charge is 0.115 e. The summed E-state index contributed by atoms with van der Waals surface area (Å²) >= 11 is 3.85. The van der Waals surface area contributed by atoms with Crippen LogP contribution in [0.5, 0.6) is 0 Å². The average Bonchev–Trinajstić information content (AvgIpc) is 2.48. The third kappa shape index (κ3) is 1.48. The first-order valence-electron chi connectivity index (χ1n) is 5.99. The van der Waals surface area contributed by atoms with Gasteiger partial charge in [-0.1, -0.05) is 0 Å². The summed E-state index contributed by atoms with van der Waals surface area (Å²) in [6.45, 7) is 2.00. The van der Waals surface area contributed by atoms with E-state index in [2.05, 4.69) is 20.6 Å². The maximum atomic E-state index is 4.52. The van der Waals surface area contributed by atoms with Crippen LogP contribution in [0.25, 0.3) is 11.0 Å². The summed E-state index contributed by atoms with van der Waals surface area (Å²) in [5.74, 6) is 2.23. The predicted octanol–water partition coefficient (Wildman–Crippen LogP) is 2.67. The Morgan fingerprint density at radius 2 is 1.33 bits per heavy atom. The van der Waals surface area contributed by atoms with Crippen molar-refractivity contribution in [2.45, 2.75) is 9.79 Å². The first-order valence-corrected chi connectivity index (χ1v) is 7.96. The summed E-state index contributed by atoms with van der Waals surface area (Å²) < 4.78 is 0. The van der Waals surface area contributed by atoms with Gasteiger partial charge in [-0.3, -0.25) is 9.97 Å². The highest BCUT2D eigenvalue weighted by atomic mass is 32.2. The summed E-state index contributed by atoms with van der Waals surface area (Å²) in [6, 6.07) is 0. The molecule has 0 aliphatic carbocycles. The molecule has 0 atom stereocenters. The number of hydrogen-bond donors (Lipinski definition) is 2. The molecule has 6 heteroatoms. The second-order valence-electron chi connectivity index (χ2n) is 4.21. The van der Waals surface area contributed by atoms with Crippen LogP contribution in [0.4, 0.5) is 11.4 Å². The minimum absolute atomic E-state index is 0.994. The number of aromatic nitrogens is 2. The molecule has 0 spiro atoms. The molecule has 0 amide bonds. The summed E-state index contributed by atoms with van der Waals surface area (Å²) in [4.78, 5) is 11.7. The van der Waals surface area contributed by atoms with Crippen LogP contribution in [0.2, 0.25) is 0 Å². The molecule has 2 aromatic rings. The zero-order chi connectivity index (χ0) is 11.9. The van der Waals surface area contributed by atoms with Gasteiger partial charge in [0.15, 0.2) is 0 Å².